The van der Waals surface area contributed by atoms with Crippen molar-refractivity contribution in [3.63, 3.8) is 0 Å². The summed E-state index contributed by atoms with van der Waals surface area (Å²) in [6, 6.07) is 9.78. The molecule has 2 atom stereocenters. The van der Waals surface area contributed by atoms with Gasteiger partial charge in [-0.2, -0.15) is 17.0 Å². The minimum absolute atomic E-state index is 0.0334. The second-order valence-electron chi connectivity index (χ2n) is 5.76. The molecule has 0 heterocycles. The molecule has 0 saturated heterocycles. The number of amides is 1. The number of carbonyl (C=O) groups is 1. The van der Waals surface area contributed by atoms with Crippen molar-refractivity contribution in [2.75, 3.05) is 25.2 Å². The van der Waals surface area contributed by atoms with Crippen LogP contribution < -0.4 is 5.32 Å². The molecule has 1 N–H and O–H groups in total. The smallest absolute Gasteiger partial charge is 0.225 e. The maximum Gasteiger partial charge on any atom is 0.225 e. The Morgan fingerprint density at radius 2 is 2.23 bits per heavy atom. The molecule has 118 valence electrons. The van der Waals surface area contributed by atoms with E-state index >= 15 is 0 Å². The Morgan fingerprint density at radius 1 is 1.45 bits per heavy atom. The molecule has 1 saturated carbocycles. The van der Waals surface area contributed by atoms with Gasteiger partial charge in [-0.1, -0.05) is 12.1 Å². The third-order valence-corrected chi connectivity index (χ3v) is 5.42. The summed E-state index contributed by atoms with van der Waals surface area (Å²) in [5.74, 6) is -0.0334. The van der Waals surface area contributed by atoms with E-state index in [0.29, 0.717) is 23.7 Å². The molecule has 1 aromatic carbocycles. The zero-order valence-electron chi connectivity index (χ0n) is 13.2. The van der Waals surface area contributed by atoms with Crippen LogP contribution in [0, 0.1) is 11.3 Å². The van der Waals surface area contributed by atoms with Crippen LogP contribution in [0.5, 0.6) is 0 Å². The molecule has 0 unspecified atom stereocenters. The zero-order valence-corrected chi connectivity index (χ0v) is 14.0. The van der Waals surface area contributed by atoms with Gasteiger partial charge in [0.05, 0.1) is 11.3 Å². The van der Waals surface area contributed by atoms with E-state index in [9.17, 15) is 4.79 Å². The first-order chi connectivity index (χ1) is 10.6. The van der Waals surface area contributed by atoms with Crippen LogP contribution in [0.25, 0.3) is 0 Å². The molecule has 0 bridgehead atoms. The van der Waals surface area contributed by atoms with E-state index in [4.69, 9.17) is 5.26 Å². The minimum Gasteiger partial charge on any atom is -0.325 e. The number of carbonyl (C=O) groups excluding carboxylic acids is 1. The summed E-state index contributed by atoms with van der Waals surface area (Å²) in [5.41, 5.74) is 1.10. The molecule has 4 nitrogen and oxygen atoms in total. The van der Waals surface area contributed by atoms with Gasteiger partial charge >= 0.3 is 0 Å². The molecule has 22 heavy (non-hydrogen) atoms. The van der Waals surface area contributed by atoms with Crippen LogP contribution in [0.4, 0.5) is 5.69 Å². The molecule has 0 spiro atoms. The van der Waals surface area contributed by atoms with Crippen LogP contribution in [0.1, 0.15) is 31.2 Å². The van der Waals surface area contributed by atoms with Gasteiger partial charge in [-0.15, -0.1) is 0 Å². The highest BCUT2D eigenvalue weighted by atomic mass is 32.2. The molecule has 1 aromatic rings. The topological polar surface area (TPSA) is 56.1 Å². The van der Waals surface area contributed by atoms with Crippen molar-refractivity contribution >= 4 is 23.4 Å². The van der Waals surface area contributed by atoms with E-state index in [0.717, 1.165) is 11.8 Å². The first-order valence-electron chi connectivity index (χ1n) is 7.66. The van der Waals surface area contributed by atoms with Crippen molar-refractivity contribution in [1.82, 2.24) is 4.90 Å². The van der Waals surface area contributed by atoms with Crippen molar-refractivity contribution < 1.29 is 4.79 Å². The molecule has 2 rings (SSSR count). The van der Waals surface area contributed by atoms with Crippen molar-refractivity contribution in [3.8, 4) is 6.07 Å². The van der Waals surface area contributed by atoms with Crippen molar-refractivity contribution in [2.24, 2.45) is 0 Å². The third kappa shape index (κ3) is 4.49. The average Bonchev–Trinajstić information content (AvgIpc) is 3.02. The maximum absolute atomic E-state index is 12.1. The second-order valence-corrected chi connectivity index (χ2v) is 6.90. The predicted octanol–water partition coefficient (Wildman–Crippen LogP) is 3.10. The van der Waals surface area contributed by atoms with Gasteiger partial charge in [-0.25, -0.2) is 0 Å². The molecule has 0 radical (unpaired) electrons. The van der Waals surface area contributed by atoms with Crippen LogP contribution in [-0.4, -0.2) is 41.9 Å². The molecule has 0 aromatic heterocycles. The number of hydrogen-bond acceptors (Lipinski definition) is 4. The summed E-state index contributed by atoms with van der Waals surface area (Å²) >= 11 is 1.95. The summed E-state index contributed by atoms with van der Waals surface area (Å²) < 4.78 is 0. The lowest BCUT2D eigenvalue weighted by Crippen LogP contribution is -2.32. The number of nitriles is 1. The standard InChI is InChI=1S/C17H23N3OS/c1-20(14-7-8-15(11-14)22-2)10-9-17(21)19-16-6-4-3-5-13(16)12-18/h3-6,14-15H,7-11H2,1-2H3,(H,19,21)/t14-,15+/m0/s1. The monoisotopic (exact) mass is 317 g/mol. The molecule has 5 heteroatoms. The normalized spacial score (nSPS) is 20.8. The number of anilines is 1. The van der Waals surface area contributed by atoms with Gasteiger partial charge in [0.1, 0.15) is 6.07 Å². The maximum atomic E-state index is 12.1. The van der Waals surface area contributed by atoms with Gasteiger partial charge in [-0.3, -0.25) is 4.79 Å². The van der Waals surface area contributed by atoms with Gasteiger partial charge < -0.3 is 10.2 Å². The highest BCUT2D eigenvalue weighted by Crippen LogP contribution is 2.30. The molecule has 1 aliphatic rings. The number of rotatable bonds is 6. The quantitative estimate of drug-likeness (QED) is 0.876. The third-order valence-electron chi connectivity index (χ3n) is 4.33. The number of para-hydroxylation sites is 1. The van der Waals surface area contributed by atoms with Crippen LogP contribution in [0.15, 0.2) is 24.3 Å². The first-order valence-corrected chi connectivity index (χ1v) is 8.95. The molecular formula is C17H23N3OS. The lowest BCUT2D eigenvalue weighted by Gasteiger charge is -2.24. The van der Waals surface area contributed by atoms with Crippen molar-refractivity contribution in [2.45, 2.75) is 37.0 Å². The van der Waals surface area contributed by atoms with E-state index in [1.807, 2.05) is 17.8 Å². The van der Waals surface area contributed by atoms with Gasteiger partial charge in [-0.05, 0) is 44.7 Å². The van der Waals surface area contributed by atoms with Crippen LogP contribution in [0.2, 0.25) is 0 Å². The first kappa shape index (κ1) is 16.9. The van der Waals surface area contributed by atoms with Crippen molar-refractivity contribution in [3.05, 3.63) is 29.8 Å². The summed E-state index contributed by atoms with van der Waals surface area (Å²) in [6.45, 7) is 0.756. The Kier molecular flexibility index (Phi) is 6.29. The minimum atomic E-state index is -0.0334. The SMILES string of the molecule is CS[C@@H]1CC[C@H](N(C)CCC(=O)Nc2ccccc2C#N)C1. The average molecular weight is 317 g/mol. The highest BCUT2D eigenvalue weighted by molar-refractivity contribution is 7.99. The predicted molar refractivity (Wildman–Crippen MR) is 92.0 cm³/mol. The highest BCUT2D eigenvalue weighted by Gasteiger charge is 2.26. The summed E-state index contributed by atoms with van der Waals surface area (Å²) in [7, 11) is 2.10. The summed E-state index contributed by atoms with van der Waals surface area (Å²) in [6.07, 6.45) is 6.35. The fourth-order valence-corrected chi connectivity index (χ4v) is 3.68. The molecule has 1 aliphatic carbocycles. The van der Waals surface area contributed by atoms with E-state index in [1.165, 1.54) is 19.3 Å². The number of hydrogen-bond donors (Lipinski definition) is 1. The Bertz CT molecular complexity index is 555. The molecular weight excluding hydrogens is 294 g/mol. The number of nitrogens with zero attached hydrogens (tertiary/aromatic N) is 2. The summed E-state index contributed by atoms with van der Waals surface area (Å²) in [5, 5.41) is 12.6. The number of nitrogens with one attached hydrogen (secondary N) is 1. The Labute approximate surface area is 136 Å². The van der Waals surface area contributed by atoms with E-state index in [-0.39, 0.29) is 5.91 Å². The van der Waals surface area contributed by atoms with E-state index < -0.39 is 0 Å². The van der Waals surface area contributed by atoms with Crippen LogP contribution >= 0.6 is 11.8 Å². The van der Waals surface area contributed by atoms with Gasteiger partial charge in [0.2, 0.25) is 5.91 Å². The lowest BCUT2D eigenvalue weighted by atomic mass is 10.2. The van der Waals surface area contributed by atoms with Gasteiger partial charge in [0.15, 0.2) is 0 Å². The number of benzene rings is 1. The second kappa shape index (κ2) is 8.21. The van der Waals surface area contributed by atoms with Crippen molar-refractivity contribution in [1.29, 1.82) is 5.26 Å². The largest absolute Gasteiger partial charge is 0.325 e. The summed E-state index contributed by atoms with van der Waals surface area (Å²) in [4.78, 5) is 14.4. The molecule has 1 amide bonds. The Hall–Kier alpha value is -1.51. The Morgan fingerprint density at radius 3 is 2.91 bits per heavy atom. The molecule has 1 fully saturated rings. The van der Waals surface area contributed by atoms with E-state index in [1.54, 1.807) is 18.2 Å². The van der Waals surface area contributed by atoms with E-state index in [2.05, 4.69) is 29.6 Å². The van der Waals surface area contributed by atoms with Gasteiger partial charge in [0, 0.05) is 24.3 Å². The Balaban J connectivity index is 1.79. The van der Waals surface area contributed by atoms with Gasteiger partial charge in [0.25, 0.3) is 0 Å². The van der Waals surface area contributed by atoms with Crippen LogP contribution in [-0.2, 0) is 4.79 Å². The number of thioether (sulfide) groups is 1. The fourth-order valence-electron chi connectivity index (χ4n) is 2.89. The lowest BCUT2D eigenvalue weighted by molar-refractivity contribution is -0.116. The molecule has 0 aliphatic heterocycles. The fraction of sp³-hybridized carbons (Fsp3) is 0.529. The van der Waals surface area contributed by atoms with Crippen LogP contribution in [0.3, 0.4) is 0 Å². The zero-order chi connectivity index (χ0) is 15.9.